The first-order chi connectivity index (χ1) is 8.90. The average molecular weight is 287 g/mol. The summed E-state index contributed by atoms with van der Waals surface area (Å²) < 4.78 is 28.3. The number of ether oxygens (including phenoxy) is 1. The van der Waals surface area contributed by atoms with Crippen LogP contribution in [0.15, 0.2) is 29.2 Å². The largest absolute Gasteiger partial charge is 0.446 e. The monoisotopic (exact) mass is 287 g/mol. The number of nitrogens with zero attached hydrogens (tertiary/aromatic N) is 2. The number of hydrazine groups is 1. The van der Waals surface area contributed by atoms with Crippen LogP contribution in [0, 0.1) is 10.1 Å². The first-order valence-electron chi connectivity index (χ1n) is 5.11. The summed E-state index contributed by atoms with van der Waals surface area (Å²) in [6.45, 7) is 0.201. The molecule has 1 N–H and O–H groups in total. The third-order valence-corrected chi connectivity index (χ3v) is 3.70. The molecule has 10 heteroatoms. The number of benzene rings is 1. The quantitative estimate of drug-likeness (QED) is 0.625. The molecule has 102 valence electrons. The Morgan fingerprint density at radius 2 is 1.95 bits per heavy atom. The highest BCUT2D eigenvalue weighted by atomic mass is 32.2. The molecule has 1 aliphatic heterocycles. The maximum absolute atomic E-state index is 11.9. The summed E-state index contributed by atoms with van der Waals surface area (Å²) >= 11 is 0. The van der Waals surface area contributed by atoms with Crippen molar-refractivity contribution < 1.29 is 22.9 Å². The van der Waals surface area contributed by atoms with E-state index in [0.717, 1.165) is 29.3 Å². The summed E-state index contributed by atoms with van der Waals surface area (Å²) in [5.41, 5.74) is -0.223. The van der Waals surface area contributed by atoms with Crippen LogP contribution >= 0.6 is 0 Å². The number of nitro groups is 1. The van der Waals surface area contributed by atoms with Gasteiger partial charge in [-0.25, -0.2) is 18.2 Å². The summed E-state index contributed by atoms with van der Waals surface area (Å²) in [6, 6.07) is 4.30. The molecular weight excluding hydrogens is 278 g/mol. The SMILES string of the molecule is O=C1OCCN1NS(=O)(=O)c1ccc([N+](=O)[O-])cc1. The average Bonchev–Trinajstić information content (AvgIpc) is 2.74. The Morgan fingerprint density at radius 1 is 1.32 bits per heavy atom. The summed E-state index contributed by atoms with van der Waals surface area (Å²) in [7, 11) is -3.97. The van der Waals surface area contributed by atoms with Crippen molar-refractivity contribution in [2.75, 3.05) is 13.2 Å². The molecule has 0 spiro atoms. The lowest BCUT2D eigenvalue weighted by molar-refractivity contribution is -0.384. The fourth-order valence-electron chi connectivity index (χ4n) is 1.42. The van der Waals surface area contributed by atoms with Crippen molar-refractivity contribution >= 4 is 21.8 Å². The smallest absolute Gasteiger partial charge is 0.425 e. The summed E-state index contributed by atoms with van der Waals surface area (Å²) in [5, 5.41) is 11.3. The van der Waals surface area contributed by atoms with E-state index in [2.05, 4.69) is 4.74 Å². The van der Waals surface area contributed by atoms with Gasteiger partial charge in [-0.3, -0.25) is 10.1 Å². The van der Waals surface area contributed by atoms with Gasteiger partial charge >= 0.3 is 6.09 Å². The van der Waals surface area contributed by atoms with E-state index in [1.165, 1.54) is 0 Å². The summed E-state index contributed by atoms with van der Waals surface area (Å²) in [4.78, 5) is 22.8. The second-order valence-corrected chi connectivity index (χ2v) is 5.27. The molecule has 0 bridgehead atoms. The van der Waals surface area contributed by atoms with Gasteiger partial charge in [-0.05, 0) is 12.1 Å². The molecule has 19 heavy (non-hydrogen) atoms. The van der Waals surface area contributed by atoms with E-state index in [9.17, 15) is 23.3 Å². The molecule has 1 fully saturated rings. The van der Waals surface area contributed by atoms with Gasteiger partial charge in [0.15, 0.2) is 0 Å². The number of hydrogen-bond donors (Lipinski definition) is 1. The maximum atomic E-state index is 11.9. The Morgan fingerprint density at radius 3 is 2.42 bits per heavy atom. The van der Waals surface area contributed by atoms with Crippen LogP contribution in [-0.4, -0.2) is 37.6 Å². The lowest BCUT2D eigenvalue weighted by Gasteiger charge is -2.14. The number of non-ortho nitro benzene ring substituents is 1. The number of cyclic esters (lactones) is 1. The molecule has 0 saturated carbocycles. The number of nitro benzene ring substituents is 1. The number of sulfonamides is 1. The normalized spacial score (nSPS) is 15.4. The van der Waals surface area contributed by atoms with Gasteiger partial charge in [0.1, 0.15) is 6.61 Å². The van der Waals surface area contributed by atoms with Gasteiger partial charge in [-0.1, -0.05) is 0 Å². The lowest BCUT2D eigenvalue weighted by atomic mass is 10.3. The molecule has 1 aromatic carbocycles. The first-order valence-corrected chi connectivity index (χ1v) is 6.60. The minimum absolute atomic E-state index is 0.0988. The van der Waals surface area contributed by atoms with E-state index < -0.39 is 21.0 Å². The van der Waals surface area contributed by atoms with Gasteiger partial charge in [0.25, 0.3) is 15.7 Å². The van der Waals surface area contributed by atoms with Crippen LogP contribution in [0.4, 0.5) is 10.5 Å². The van der Waals surface area contributed by atoms with Crippen molar-refractivity contribution in [1.29, 1.82) is 0 Å². The molecule has 1 amide bonds. The third-order valence-electron chi connectivity index (χ3n) is 2.35. The fraction of sp³-hybridized carbons (Fsp3) is 0.222. The molecule has 0 radical (unpaired) electrons. The zero-order valence-corrected chi connectivity index (χ0v) is 10.3. The Kier molecular flexibility index (Phi) is 3.36. The van der Waals surface area contributed by atoms with E-state index in [1.54, 1.807) is 0 Å². The Balaban J connectivity index is 2.19. The van der Waals surface area contributed by atoms with Gasteiger partial charge in [0, 0.05) is 12.1 Å². The predicted molar refractivity (Wildman–Crippen MR) is 61.5 cm³/mol. The van der Waals surface area contributed by atoms with Gasteiger partial charge in [0.05, 0.1) is 16.4 Å². The topological polar surface area (TPSA) is 119 Å². The van der Waals surface area contributed by atoms with Crippen molar-refractivity contribution in [2.45, 2.75) is 4.90 Å². The molecule has 1 heterocycles. The molecule has 1 saturated heterocycles. The zero-order chi connectivity index (χ0) is 14.0. The second kappa shape index (κ2) is 4.82. The number of amides is 1. The van der Waals surface area contributed by atoms with Crippen LogP contribution in [0.25, 0.3) is 0 Å². The number of carbonyl (C=O) groups excluding carboxylic acids is 1. The molecular formula is C9H9N3O6S. The highest BCUT2D eigenvalue weighted by Crippen LogP contribution is 2.16. The first kappa shape index (κ1) is 13.2. The highest BCUT2D eigenvalue weighted by molar-refractivity contribution is 7.89. The van der Waals surface area contributed by atoms with E-state index in [1.807, 2.05) is 4.83 Å². The van der Waals surface area contributed by atoms with Gasteiger partial charge in [0.2, 0.25) is 0 Å². The maximum Gasteiger partial charge on any atom is 0.425 e. The van der Waals surface area contributed by atoms with E-state index in [-0.39, 0.29) is 23.7 Å². The van der Waals surface area contributed by atoms with Crippen LogP contribution in [-0.2, 0) is 14.8 Å². The van der Waals surface area contributed by atoms with Crippen LogP contribution in [0.5, 0.6) is 0 Å². The predicted octanol–water partition coefficient (Wildman–Crippen LogP) is 0.240. The Hall–Kier alpha value is -2.20. The fourth-order valence-corrected chi connectivity index (χ4v) is 2.48. The Labute approximate surface area is 107 Å². The van der Waals surface area contributed by atoms with E-state index in [4.69, 9.17) is 0 Å². The molecule has 1 aliphatic rings. The third kappa shape index (κ3) is 2.80. The molecule has 0 atom stereocenters. The zero-order valence-electron chi connectivity index (χ0n) is 9.48. The number of nitrogens with one attached hydrogen (secondary N) is 1. The van der Waals surface area contributed by atoms with Crippen LogP contribution in [0.1, 0.15) is 0 Å². The van der Waals surface area contributed by atoms with Crippen molar-refractivity contribution in [3.63, 3.8) is 0 Å². The van der Waals surface area contributed by atoms with Crippen molar-refractivity contribution in [3.8, 4) is 0 Å². The number of carbonyl (C=O) groups is 1. The standard InChI is InChI=1S/C9H9N3O6S/c13-9-11(5-6-18-9)10-19(16,17)8-3-1-7(2-4-8)12(14)15/h1-4,10H,5-6H2. The van der Waals surface area contributed by atoms with Gasteiger partial charge < -0.3 is 4.74 Å². The van der Waals surface area contributed by atoms with Crippen LogP contribution < -0.4 is 4.83 Å². The number of rotatable bonds is 4. The lowest BCUT2D eigenvalue weighted by Crippen LogP contribution is -2.42. The molecule has 9 nitrogen and oxygen atoms in total. The van der Waals surface area contributed by atoms with E-state index >= 15 is 0 Å². The van der Waals surface area contributed by atoms with Gasteiger partial charge in [-0.15, -0.1) is 4.83 Å². The molecule has 1 aromatic rings. The minimum Gasteiger partial charge on any atom is -0.446 e. The molecule has 0 unspecified atom stereocenters. The number of hydrogen-bond acceptors (Lipinski definition) is 6. The van der Waals surface area contributed by atoms with Crippen LogP contribution in [0.3, 0.4) is 0 Å². The minimum atomic E-state index is -3.97. The summed E-state index contributed by atoms with van der Waals surface area (Å²) in [5.74, 6) is 0. The van der Waals surface area contributed by atoms with Crippen molar-refractivity contribution in [3.05, 3.63) is 34.4 Å². The summed E-state index contributed by atoms with van der Waals surface area (Å²) in [6.07, 6.45) is -0.787. The van der Waals surface area contributed by atoms with Gasteiger partial charge in [-0.2, -0.15) is 0 Å². The van der Waals surface area contributed by atoms with Crippen molar-refractivity contribution in [2.24, 2.45) is 0 Å². The molecule has 0 aliphatic carbocycles. The van der Waals surface area contributed by atoms with Crippen molar-refractivity contribution in [1.82, 2.24) is 9.84 Å². The Bertz CT molecular complexity index is 611. The second-order valence-electron chi connectivity index (χ2n) is 3.61. The molecule has 0 aromatic heterocycles. The highest BCUT2D eigenvalue weighted by Gasteiger charge is 2.27. The van der Waals surface area contributed by atoms with Crippen LogP contribution in [0.2, 0.25) is 0 Å². The molecule has 2 rings (SSSR count). The van der Waals surface area contributed by atoms with E-state index in [0.29, 0.717) is 0 Å².